The summed E-state index contributed by atoms with van der Waals surface area (Å²) in [5.41, 5.74) is 0. The van der Waals surface area contributed by atoms with Crippen LogP contribution in [-0.2, 0) is 14.4 Å². The molecular formula is C10H10N2O4S3. The van der Waals surface area contributed by atoms with Crippen LogP contribution in [0.5, 0.6) is 0 Å². The molecule has 102 valence electrons. The van der Waals surface area contributed by atoms with Gasteiger partial charge in [-0.3, -0.25) is 24.2 Å². The van der Waals surface area contributed by atoms with Crippen molar-refractivity contribution in [3.8, 4) is 0 Å². The molecule has 19 heavy (non-hydrogen) atoms. The van der Waals surface area contributed by atoms with E-state index in [1.807, 2.05) is 0 Å². The molecule has 2 heterocycles. The third kappa shape index (κ3) is 2.63. The highest BCUT2D eigenvalue weighted by Gasteiger charge is 2.39. The van der Waals surface area contributed by atoms with Crippen molar-refractivity contribution in [1.29, 1.82) is 0 Å². The van der Waals surface area contributed by atoms with Crippen LogP contribution in [0.15, 0.2) is 9.93 Å². The van der Waals surface area contributed by atoms with Gasteiger partial charge in [0.05, 0.1) is 10.8 Å². The number of carbonyl (C=O) groups excluding carboxylic acids is 2. The SMILES string of the molecule is CCN1C(=O)C(=C2SCC(=O)N2CC(=O)O)SC1=S. The second kappa shape index (κ2) is 5.51. The lowest BCUT2D eigenvalue weighted by Gasteiger charge is -2.15. The van der Waals surface area contributed by atoms with Gasteiger partial charge in [0.2, 0.25) is 5.91 Å². The van der Waals surface area contributed by atoms with Crippen LogP contribution in [0.4, 0.5) is 0 Å². The normalized spacial score (nSPS) is 23.7. The van der Waals surface area contributed by atoms with E-state index in [4.69, 9.17) is 17.3 Å². The van der Waals surface area contributed by atoms with Crippen molar-refractivity contribution in [3.63, 3.8) is 0 Å². The summed E-state index contributed by atoms with van der Waals surface area (Å²) >= 11 is 7.39. The number of hydrogen-bond acceptors (Lipinski definition) is 6. The number of amides is 2. The fourth-order valence-electron chi connectivity index (χ4n) is 1.68. The van der Waals surface area contributed by atoms with Crippen LogP contribution in [0.2, 0.25) is 0 Å². The van der Waals surface area contributed by atoms with E-state index in [1.165, 1.54) is 16.7 Å². The van der Waals surface area contributed by atoms with E-state index >= 15 is 0 Å². The number of likely N-dealkylation sites (N-methyl/N-ethyl adjacent to an activating group) is 1. The van der Waals surface area contributed by atoms with E-state index in [-0.39, 0.29) is 17.6 Å². The Kier molecular flexibility index (Phi) is 4.16. The molecule has 2 saturated heterocycles. The number of carbonyl (C=O) groups is 3. The Bertz CT molecular complexity index is 517. The van der Waals surface area contributed by atoms with Gasteiger partial charge in [-0.25, -0.2) is 0 Å². The molecule has 0 radical (unpaired) electrons. The van der Waals surface area contributed by atoms with Crippen LogP contribution in [0.1, 0.15) is 6.92 Å². The summed E-state index contributed by atoms with van der Waals surface area (Å²) in [7, 11) is 0. The molecule has 0 aromatic rings. The average Bonchev–Trinajstić information content (AvgIpc) is 2.81. The van der Waals surface area contributed by atoms with Crippen LogP contribution in [0.3, 0.4) is 0 Å². The molecule has 2 amide bonds. The molecular weight excluding hydrogens is 308 g/mol. The topological polar surface area (TPSA) is 77.9 Å². The summed E-state index contributed by atoms with van der Waals surface area (Å²) in [4.78, 5) is 37.5. The molecule has 0 bridgehead atoms. The fraction of sp³-hybridized carbons (Fsp3) is 0.400. The summed E-state index contributed by atoms with van der Waals surface area (Å²) in [6.45, 7) is 1.83. The standard InChI is InChI=1S/C10H10N2O4S3/c1-2-11-8(16)7(19-10(11)17)9-12(3-6(14)15)5(13)4-18-9/h2-4H2,1H3,(H,14,15). The molecule has 0 unspecified atom stereocenters. The third-order valence-corrected chi connectivity index (χ3v) is 5.19. The van der Waals surface area contributed by atoms with Gasteiger partial charge in [0.1, 0.15) is 15.8 Å². The fourth-order valence-corrected chi connectivity index (χ4v) is 4.29. The summed E-state index contributed by atoms with van der Waals surface area (Å²) < 4.78 is 0.435. The Morgan fingerprint density at radius 2 is 2.11 bits per heavy atom. The van der Waals surface area contributed by atoms with Crippen LogP contribution < -0.4 is 0 Å². The molecule has 9 heteroatoms. The number of rotatable bonds is 3. The largest absolute Gasteiger partial charge is 0.480 e. The first kappa shape index (κ1) is 14.4. The highest BCUT2D eigenvalue weighted by Crippen LogP contribution is 2.41. The van der Waals surface area contributed by atoms with Crippen molar-refractivity contribution in [1.82, 2.24) is 9.80 Å². The quantitative estimate of drug-likeness (QED) is 0.606. The minimum atomic E-state index is -1.11. The van der Waals surface area contributed by atoms with E-state index in [2.05, 4.69) is 0 Å². The minimum absolute atomic E-state index is 0.152. The summed E-state index contributed by atoms with van der Waals surface area (Å²) in [6, 6.07) is 0. The second-order valence-corrected chi connectivity index (χ2v) is 6.32. The Labute approximate surface area is 123 Å². The zero-order chi connectivity index (χ0) is 14.2. The molecule has 2 fully saturated rings. The zero-order valence-corrected chi connectivity index (χ0v) is 12.4. The van der Waals surface area contributed by atoms with Crippen molar-refractivity contribution < 1.29 is 19.5 Å². The number of carboxylic acid groups (broad SMARTS) is 1. The molecule has 0 spiro atoms. The van der Waals surface area contributed by atoms with Crippen molar-refractivity contribution in [2.75, 3.05) is 18.8 Å². The van der Waals surface area contributed by atoms with Gasteiger partial charge < -0.3 is 5.11 Å². The van der Waals surface area contributed by atoms with E-state index in [0.717, 1.165) is 16.7 Å². The number of thioether (sulfide) groups is 2. The van der Waals surface area contributed by atoms with E-state index in [0.29, 0.717) is 20.8 Å². The maximum Gasteiger partial charge on any atom is 0.323 e. The summed E-state index contributed by atoms with van der Waals surface area (Å²) in [5.74, 6) is -1.52. The Morgan fingerprint density at radius 3 is 2.63 bits per heavy atom. The average molecular weight is 318 g/mol. The zero-order valence-electron chi connectivity index (χ0n) is 9.91. The highest BCUT2D eigenvalue weighted by atomic mass is 32.2. The summed E-state index contributed by atoms with van der Waals surface area (Å²) in [5, 5.41) is 9.22. The van der Waals surface area contributed by atoms with Gasteiger partial charge in [-0.1, -0.05) is 35.7 Å². The number of carboxylic acids is 1. The van der Waals surface area contributed by atoms with Gasteiger partial charge in [0.15, 0.2) is 0 Å². The Balaban J connectivity index is 2.36. The van der Waals surface area contributed by atoms with E-state index in [9.17, 15) is 14.4 Å². The van der Waals surface area contributed by atoms with Crippen molar-refractivity contribution in [3.05, 3.63) is 9.93 Å². The molecule has 2 rings (SSSR count). The molecule has 0 aromatic carbocycles. The monoisotopic (exact) mass is 318 g/mol. The van der Waals surface area contributed by atoms with E-state index < -0.39 is 12.5 Å². The van der Waals surface area contributed by atoms with Crippen LogP contribution in [0.25, 0.3) is 0 Å². The second-order valence-electron chi connectivity index (χ2n) is 3.71. The maximum atomic E-state index is 12.1. The minimum Gasteiger partial charge on any atom is -0.480 e. The molecule has 1 N–H and O–H groups in total. The maximum absolute atomic E-state index is 12.1. The Hall–Kier alpha value is -1.06. The van der Waals surface area contributed by atoms with Gasteiger partial charge in [-0.2, -0.15) is 0 Å². The Morgan fingerprint density at radius 1 is 1.42 bits per heavy atom. The first-order valence-electron chi connectivity index (χ1n) is 5.38. The molecule has 0 saturated carbocycles. The number of hydrogen-bond donors (Lipinski definition) is 1. The van der Waals surface area contributed by atoms with Crippen molar-refractivity contribution in [2.45, 2.75) is 6.92 Å². The molecule has 0 aliphatic carbocycles. The van der Waals surface area contributed by atoms with Crippen LogP contribution in [-0.4, -0.2) is 55.9 Å². The molecule has 6 nitrogen and oxygen atoms in total. The molecule has 0 atom stereocenters. The number of aliphatic carboxylic acids is 1. The lowest BCUT2D eigenvalue weighted by molar-refractivity contribution is -0.141. The predicted octanol–water partition coefficient (Wildman–Crippen LogP) is 0.696. The summed E-state index contributed by atoms with van der Waals surface area (Å²) in [6.07, 6.45) is 0. The number of thiocarbonyl (C=S) groups is 1. The molecule has 2 aliphatic rings. The van der Waals surface area contributed by atoms with Gasteiger partial charge in [0, 0.05) is 6.54 Å². The smallest absolute Gasteiger partial charge is 0.323 e. The van der Waals surface area contributed by atoms with Gasteiger partial charge >= 0.3 is 5.97 Å². The van der Waals surface area contributed by atoms with Crippen LogP contribution >= 0.6 is 35.7 Å². The first-order chi connectivity index (χ1) is 8.95. The third-order valence-electron chi connectivity index (χ3n) is 2.53. The first-order valence-corrected chi connectivity index (χ1v) is 7.59. The van der Waals surface area contributed by atoms with E-state index in [1.54, 1.807) is 6.92 Å². The number of nitrogens with zero attached hydrogens (tertiary/aromatic N) is 2. The predicted molar refractivity (Wildman–Crippen MR) is 76.4 cm³/mol. The lowest BCUT2D eigenvalue weighted by Crippen LogP contribution is -2.32. The van der Waals surface area contributed by atoms with Crippen LogP contribution in [0, 0.1) is 0 Å². The van der Waals surface area contributed by atoms with Gasteiger partial charge in [0.25, 0.3) is 5.91 Å². The van der Waals surface area contributed by atoms with Gasteiger partial charge in [-0.05, 0) is 6.92 Å². The van der Waals surface area contributed by atoms with Gasteiger partial charge in [-0.15, -0.1) is 0 Å². The molecule has 0 aromatic heterocycles. The van der Waals surface area contributed by atoms with Crippen molar-refractivity contribution in [2.24, 2.45) is 0 Å². The molecule has 2 aliphatic heterocycles. The van der Waals surface area contributed by atoms with Crippen molar-refractivity contribution >= 4 is 57.8 Å². The highest BCUT2D eigenvalue weighted by molar-refractivity contribution is 8.27. The lowest BCUT2D eigenvalue weighted by atomic mass is 10.4.